The molecule has 15 heavy (non-hydrogen) atoms. The van der Waals surface area contributed by atoms with Gasteiger partial charge in [0.25, 0.3) is 0 Å². The highest BCUT2D eigenvalue weighted by Gasteiger charge is 2.07. The van der Waals surface area contributed by atoms with Crippen LogP contribution in [0.3, 0.4) is 0 Å². The van der Waals surface area contributed by atoms with Gasteiger partial charge >= 0.3 is 11.4 Å². The van der Waals surface area contributed by atoms with E-state index in [1.54, 1.807) is 0 Å². The molecule has 0 aliphatic rings. The number of aromatic nitrogens is 2. The Morgan fingerprint density at radius 2 is 1.93 bits per heavy atom. The van der Waals surface area contributed by atoms with Crippen LogP contribution in [0, 0.1) is 0 Å². The van der Waals surface area contributed by atoms with Crippen LogP contribution in [0.5, 0.6) is 0 Å². The average molecular weight is 247 g/mol. The molecule has 0 saturated carbocycles. The van der Waals surface area contributed by atoms with Crippen LogP contribution in [0.4, 0.5) is 0 Å². The summed E-state index contributed by atoms with van der Waals surface area (Å²) in [5.74, 6) is -0.828. The molecular weight excluding hydrogens is 243 g/mol. The highest BCUT2D eigenvalue weighted by molar-refractivity contribution is 6.42. The number of nitrogens with one attached hydrogen (secondary N) is 1. The van der Waals surface area contributed by atoms with Crippen molar-refractivity contribution in [1.82, 2.24) is 9.72 Å². The molecule has 0 spiro atoms. The Balaban J connectivity index is 2.64. The minimum absolute atomic E-state index is 0.268. The molecule has 5 nitrogen and oxygen atoms in total. The smallest absolute Gasteiger partial charge is 0.312 e. The fourth-order valence-corrected chi connectivity index (χ4v) is 1.36. The summed E-state index contributed by atoms with van der Waals surface area (Å²) >= 11 is 11.4. The zero-order chi connectivity index (χ0) is 11.0. The van der Waals surface area contributed by atoms with Crippen molar-refractivity contribution in [2.45, 2.75) is 0 Å². The summed E-state index contributed by atoms with van der Waals surface area (Å²) in [6.07, 6.45) is 0. The van der Waals surface area contributed by atoms with Gasteiger partial charge in [-0.15, -0.1) is 4.74 Å². The summed E-state index contributed by atoms with van der Waals surface area (Å²) in [7, 11) is 0. The summed E-state index contributed by atoms with van der Waals surface area (Å²) in [5, 5.41) is 0.622. The minimum Gasteiger partial charge on any atom is -0.312 e. The molecule has 1 heterocycles. The first-order valence-electron chi connectivity index (χ1n) is 3.86. The van der Waals surface area contributed by atoms with Gasteiger partial charge in [0.05, 0.1) is 15.7 Å². The third kappa shape index (κ3) is 1.84. The molecule has 0 unspecified atom stereocenters. The number of hydrogen-bond donors (Lipinski definition) is 1. The Bertz CT molecular complexity index is 611. The number of hydrogen-bond acceptors (Lipinski definition) is 3. The first-order valence-corrected chi connectivity index (χ1v) is 4.61. The lowest BCUT2D eigenvalue weighted by molar-refractivity contribution is 0.315. The van der Waals surface area contributed by atoms with Crippen molar-refractivity contribution in [3.05, 3.63) is 49.3 Å². The number of halogens is 2. The van der Waals surface area contributed by atoms with E-state index in [4.69, 9.17) is 23.2 Å². The molecule has 0 aliphatic heterocycles. The largest absolute Gasteiger partial charge is 0.440 e. The summed E-state index contributed by atoms with van der Waals surface area (Å²) < 4.78 is 5.38. The van der Waals surface area contributed by atoms with Crippen LogP contribution in [-0.2, 0) is 0 Å². The van der Waals surface area contributed by atoms with Gasteiger partial charge in [-0.2, -0.15) is 0 Å². The van der Waals surface area contributed by atoms with Gasteiger partial charge in [0.15, 0.2) is 0 Å². The molecule has 0 bridgehead atoms. The van der Waals surface area contributed by atoms with Gasteiger partial charge in [0.2, 0.25) is 0 Å². The highest BCUT2D eigenvalue weighted by atomic mass is 35.5. The van der Waals surface area contributed by atoms with Crippen LogP contribution in [0.2, 0.25) is 10.0 Å². The van der Waals surface area contributed by atoms with Gasteiger partial charge in [-0.25, -0.2) is 14.6 Å². The standard InChI is InChI=1S/C8H4Cl2N2O3/c9-5-2-1-4(3-6(5)10)12-7(13)11-8(14)15-12/h1-3H,(H,11,13,14). The van der Waals surface area contributed by atoms with Crippen LogP contribution >= 0.6 is 23.2 Å². The molecular formula is C8H4Cl2N2O3. The molecule has 0 amide bonds. The van der Waals surface area contributed by atoms with Crippen molar-refractivity contribution in [3.8, 4) is 5.69 Å². The van der Waals surface area contributed by atoms with E-state index >= 15 is 0 Å². The molecule has 0 atom stereocenters. The maximum Gasteiger partial charge on any atom is 0.440 e. The zero-order valence-corrected chi connectivity index (χ0v) is 8.67. The Morgan fingerprint density at radius 3 is 2.47 bits per heavy atom. The molecule has 78 valence electrons. The van der Waals surface area contributed by atoms with E-state index in [0.29, 0.717) is 10.7 Å². The Hall–Kier alpha value is -1.46. The molecule has 2 aromatic rings. The van der Waals surface area contributed by atoms with E-state index in [1.165, 1.54) is 18.2 Å². The van der Waals surface area contributed by atoms with E-state index < -0.39 is 11.4 Å². The third-order valence-electron chi connectivity index (χ3n) is 1.71. The maximum absolute atomic E-state index is 11.2. The lowest BCUT2D eigenvalue weighted by Gasteiger charge is -1.99. The zero-order valence-electron chi connectivity index (χ0n) is 7.16. The van der Waals surface area contributed by atoms with Crippen LogP contribution in [0.15, 0.2) is 32.3 Å². The van der Waals surface area contributed by atoms with E-state index in [2.05, 4.69) is 4.52 Å². The predicted octanol–water partition coefficient (Wildman–Crippen LogP) is 1.43. The first-order chi connectivity index (χ1) is 7.08. The topological polar surface area (TPSA) is 68.0 Å². The van der Waals surface area contributed by atoms with Gasteiger partial charge in [0.1, 0.15) is 0 Å². The summed E-state index contributed by atoms with van der Waals surface area (Å²) in [5.41, 5.74) is -0.342. The quantitative estimate of drug-likeness (QED) is 0.828. The van der Waals surface area contributed by atoms with Crippen molar-refractivity contribution in [2.75, 3.05) is 0 Å². The SMILES string of the molecule is O=c1[nH]c(=O)n(-c2ccc(Cl)c(Cl)c2)o1. The predicted molar refractivity (Wildman–Crippen MR) is 54.9 cm³/mol. The van der Waals surface area contributed by atoms with Crippen molar-refractivity contribution in [2.24, 2.45) is 0 Å². The van der Waals surface area contributed by atoms with E-state index in [9.17, 15) is 9.59 Å². The van der Waals surface area contributed by atoms with Crippen LogP contribution in [-0.4, -0.2) is 9.72 Å². The fraction of sp³-hybridized carbons (Fsp3) is 0. The second-order valence-electron chi connectivity index (χ2n) is 2.70. The molecule has 0 aliphatic carbocycles. The number of H-pyrrole nitrogens is 1. The van der Waals surface area contributed by atoms with Crippen molar-refractivity contribution < 1.29 is 4.52 Å². The van der Waals surface area contributed by atoms with Crippen LogP contribution in [0.25, 0.3) is 5.69 Å². The second-order valence-corrected chi connectivity index (χ2v) is 3.52. The second kappa shape index (κ2) is 3.60. The number of benzene rings is 1. The number of nitrogens with zero attached hydrogens (tertiary/aromatic N) is 1. The van der Waals surface area contributed by atoms with Crippen molar-refractivity contribution >= 4 is 23.2 Å². The Morgan fingerprint density at radius 1 is 1.20 bits per heavy atom. The Labute approximate surface area is 92.8 Å². The lowest BCUT2D eigenvalue weighted by Crippen LogP contribution is -2.14. The normalized spacial score (nSPS) is 10.5. The Kier molecular flexibility index (Phi) is 2.42. The number of rotatable bonds is 1. The average Bonchev–Trinajstić information content (AvgIpc) is 2.50. The molecule has 0 saturated heterocycles. The monoisotopic (exact) mass is 246 g/mol. The van der Waals surface area contributed by atoms with Crippen molar-refractivity contribution in [1.29, 1.82) is 0 Å². The fourth-order valence-electron chi connectivity index (χ4n) is 1.07. The molecule has 1 aromatic heterocycles. The van der Waals surface area contributed by atoms with Crippen LogP contribution < -0.4 is 11.4 Å². The summed E-state index contributed by atoms with van der Waals surface area (Å²) in [6, 6.07) is 4.42. The number of aromatic amines is 1. The third-order valence-corrected chi connectivity index (χ3v) is 2.44. The van der Waals surface area contributed by atoms with Crippen molar-refractivity contribution in [3.63, 3.8) is 0 Å². The molecule has 1 aromatic carbocycles. The molecule has 7 heteroatoms. The van der Waals surface area contributed by atoms with Gasteiger partial charge in [0, 0.05) is 0 Å². The molecule has 0 fully saturated rings. The van der Waals surface area contributed by atoms with E-state index in [0.717, 1.165) is 4.74 Å². The van der Waals surface area contributed by atoms with E-state index in [1.807, 2.05) is 4.98 Å². The summed E-state index contributed by atoms with van der Waals surface area (Å²) in [6.45, 7) is 0. The molecule has 0 radical (unpaired) electrons. The maximum atomic E-state index is 11.2. The van der Waals surface area contributed by atoms with Gasteiger partial charge in [-0.1, -0.05) is 23.2 Å². The first kappa shape index (κ1) is 10.1. The van der Waals surface area contributed by atoms with Crippen LogP contribution in [0.1, 0.15) is 0 Å². The highest BCUT2D eigenvalue weighted by Crippen LogP contribution is 2.23. The van der Waals surface area contributed by atoms with Gasteiger partial charge in [-0.05, 0) is 18.2 Å². The van der Waals surface area contributed by atoms with E-state index in [-0.39, 0.29) is 5.02 Å². The lowest BCUT2D eigenvalue weighted by atomic mass is 10.3. The van der Waals surface area contributed by atoms with Gasteiger partial charge < -0.3 is 4.52 Å². The molecule has 1 N–H and O–H groups in total. The minimum atomic E-state index is -0.828. The van der Waals surface area contributed by atoms with Gasteiger partial charge in [-0.3, -0.25) is 0 Å². The summed E-state index contributed by atoms with van der Waals surface area (Å²) in [4.78, 5) is 23.9. The molecule has 2 rings (SSSR count).